The number of carbonyl (C=O) groups is 3. The van der Waals surface area contributed by atoms with Crippen molar-refractivity contribution >= 4 is 39.6 Å². The first-order valence-electron chi connectivity index (χ1n) is 10.8. The number of hydrogen-bond acceptors (Lipinski definition) is 4. The smallest absolute Gasteiger partial charge is 0.411 e. The zero-order chi connectivity index (χ0) is 24.2. The average molecular weight is 523 g/mol. The third-order valence-corrected chi connectivity index (χ3v) is 6.48. The zero-order valence-corrected chi connectivity index (χ0v) is 20.0. The van der Waals surface area contributed by atoms with Crippen LogP contribution in [0.25, 0.3) is 11.1 Å². The molecular weight excluding hydrogens is 500 g/mol. The van der Waals surface area contributed by atoms with E-state index in [1.165, 1.54) is 11.0 Å². The molecule has 4 rings (SSSR count). The first-order valence-corrected chi connectivity index (χ1v) is 11.6. The minimum atomic E-state index is -1.09. The molecule has 174 valence electrons. The van der Waals surface area contributed by atoms with Crippen molar-refractivity contribution in [3.8, 4) is 11.1 Å². The largest absolute Gasteiger partial charge is 0.480 e. The van der Waals surface area contributed by atoms with Crippen molar-refractivity contribution in [1.29, 1.82) is 0 Å². The fourth-order valence-corrected chi connectivity index (χ4v) is 4.52. The molecular formula is C26H23BrN2O5. The van der Waals surface area contributed by atoms with Crippen molar-refractivity contribution in [2.75, 3.05) is 25.0 Å². The van der Waals surface area contributed by atoms with Gasteiger partial charge in [-0.25, -0.2) is 4.79 Å². The van der Waals surface area contributed by atoms with Crippen LogP contribution >= 0.6 is 15.9 Å². The van der Waals surface area contributed by atoms with E-state index in [1.54, 1.807) is 19.1 Å². The van der Waals surface area contributed by atoms with Crippen molar-refractivity contribution in [2.45, 2.75) is 12.8 Å². The Kier molecular flexibility index (Phi) is 6.98. The number of hydrogen-bond donors (Lipinski definition) is 2. The number of nitrogens with zero attached hydrogens (tertiary/aromatic N) is 1. The van der Waals surface area contributed by atoms with Crippen LogP contribution in [-0.2, 0) is 9.53 Å². The molecule has 3 aromatic rings. The molecule has 0 spiro atoms. The normalized spacial score (nSPS) is 11.9. The van der Waals surface area contributed by atoms with Crippen LogP contribution in [0.15, 0.2) is 71.2 Å². The van der Waals surface area contributed by atoms with Crippen molar-refractivity contribution in [3.05, 3.63) is 87.9 Å². The maximum absolute atomic E-state index is 12.7. The number of nitrogens with one attached hydrogen (secondary N) is 1. The number of rotatable bonds is 7. The molecule has 0 heterocycles. The molecule has 1 aliphatic rings. The van der Waals surface area contributed by atoms with Crippen LogP contribution in [-0.4, -0.2) is 47.7 Å². The number of aliphatic carboxylic acids is 1. The molecule has 0 atom stereocenters. The maximum atomic E-state index is 12.7. The number of fused-ring (bicyclic) bond motifs is 3. The third kappa shape index (κ3) is 4.82. The predicted molar refractivity (Wildman–Crippen MR) is 132 cm³/mol. The number of amides is 2. The van der Waals surface area contributed by atoms with Gasteiger partial charge in [-0.2, -0.15) is 0 Å². The Balaban J connectivity index is 1.46. The number of carboxylic acid groups (broad SMARTS) is 1. The van der Waals surface area contributed by atoms with E-state index in [0.29, 0.717) is 10.2 Å². The Morgan fingerprint density at radius 2 is 1.62 bits per heavy atom. The molecule has 0 bridgehead atoms. The van der Waals surface area contributed by atoms with E-state index in [2.05, 4.69) is 33.4 Å². The van der Waals surface area contributed by atoms with Gasteiger partial charge in [0, 0.05) is 22.5 Å². The number of benzene rings is 3. The molecule has 8 heteroatoms. The highest BCUT2D eigenvalue weighted by molar-refractivity contribution is 9.10. The molecule has 0 aliphatic heterocycles. The molecule has 0 radical (unpaired) electrons. The summed E-state index contributed by atoms with van der Waals surface area (Å²) in [6.07, 6.45) is -0.648. The second-order valence-corrected chi connectivity index (χ2v) is 8.71. The predicted octanol–water partition coefficient (Wildman–Crippen LogP) is 5.36. The van der Waals surface area contributed by atoms with E-state index < -0.39 is 24.5 Å². The summed E-state index contributed by atoms with van der Waals surface area (Å²) in [6, 6.07) is 20.9. The fraction of sp³-hybridized carbons (Fsp3) is 0.192. The van der Waals surface area contributed by atoms with Crippen molar-refractivity contribution in [1.82, 2.24) is 4.90 Å². The van der Waals surface area contributed by atoms with Gasteiger partial charge in [0.05, 0.1) is 5.69 Å². The molecule has 1 aliphatic carbocycles. The summed E-state index contributed by atoms with van der Waals surface area (Å²) in [5.41, 5.74) is 5.13. The number of carbonyl (C=O) groups excluding carboxylic acids is 2. The van der Waals surface area contributed by atoms with Crippen LogP contribution in [0.3, 0.4) is 0 Å². The summed E-state index contributed by atoms with van der Waals surface area (Å²) in [7, 11) is 0. The maximum Gasteiger partial charge on any atom is 0.411 e. The lowest BCUT2D eigenvalue weighted by Gasteiger charge is -2.19. The van der Waals surface area contributed by atoms with Crippen LogP contribution in [0, 0.1) is 0 Å². The molecule has 7 nitrogen and oxygen atoms in total. The van der Waals surface area contributed by atoms with Crippen molar-refractivity contribution < 1.29 is 24.2 Å². The monoisotopic (exact) mass is 522 g/mol. The summed E-state index contributed by atoms with van der Waals surface area (Å²) in [4.78, 5) is 37.6. The van der Waals surface area contributed by atoms with Gasteiger partial charge in [0.2, 0.25) is 0 Å². The number of likely N-dealkylation sites (N-methyl/N-ethyl adjacent to an activating group) is 1. The van der Waals surface area contributed by atoms with E-state index in [1.807, 2.05) is 36.4 Å². The molecule has 34 heavy (non-hydrogen) atoms. The van der Waals surface area contributed by atoms with E-state index in [-0.39, 0.29) is 24.6 Å². The third-order valence-electron chi connectivity index (χ3n) is 5.79. The van der Waals surface area contributed by atoms with Gasteiger partial charge in [-0.15, -0.1) is 0 Å². The van der Waals surface area contributed by atoms with Crippen molar-refractivity contribution in [2.24, 2.45) is 0 Å². The number of ether oxygens (including phenoxy) is 1. The quantitative estimate of drug-likeness (QED) is 0.435. The van der Waals surface area contributed by atoms with E-state index in [9.17, 15) is 14.4 Å². The molecule has 2 N–H and O–H groups in total. The topological polar surface area (TPSA) is 95.9 Å². The summed E-state index contributed by atoms with van der Waals surface area (Å²) < 4.78 is 6.14. The Morgan fingerprint density at radius 1 is 1.00 bits per heavy atom. The molecule has 3 aromatic carbocycles. The highest BCUT2D eigenvalue weighted by atomic mass is 79.9. The minimum absolute atomic E-state index is 0.0661. The number of halogens is 1. The van der Waals surface area contributed by atoms with Crippen LogP contribution in [0.2, 0.25) is 0 Å². The Bertz CT molecular complexity index is 1210. The Morgan fingerprint density at radius 3 is 2.21 bits per heavy atom. The van der Waals surface area contributed by atoms with Crippen LogP contribution in [0.5, 0.6) is 0 Å². The van der Waals surface area contributed by atoms with Gasteiger partial charge in [-0.3, -0.25) is 14.9 Å². The minimum Gasteiger partial charge on any atom is -0.480 e. The van der Waals surface area contributed by atoms with Gasteiger partial charge in [0.1, 0.15) is 13.2 Å². The molecule has 0 saturated carbocycles. The molecule has 0 fully saturated rings. The number of carboxylic acids is 1. The first-order chi connectivity index (χ1) is 16.4. The second kappa shape index (κ2) is 10.1. The van der Waals surface area contributed by atoms with Crippen LogP contribution in [0.4, 0.5) is 10.5 Å². The van der Waals surface area contributed by atoms with Gasteiger partial charge in [0.25, 0.3) is 5.91 Å². The van der Waals surface area contributed by atoms with Gasteiger partial charge in [-0.1, -0.05) is 48.5 Å². The second-order valence-electron chi connectivity index (χ2n) is 7.86. The lowest BCUT2D eigenvalue weighted by atomic mass is 9.98. The fourth-order valence-electron chi connectivity index (χ4n) is 4.17. The van der Waals surface area contributed by atoms with Gasteiger partial charge >= 0.3 is 12.1 Å². The van der Waals surface area contributed by atoms with Crippen LogP contribution < -0.4 is 5.32 Å². The molecule has 0 saturated heterocycles. The average Bonchev–Trinajstić information content (AvgIpc) is 3.16. The first kappa shape index (κ1) is 23.5. The molecule has 0 aromatic heterocycles. The number of anilines is 1. The summed E-state index contributed by atoms with van der Waals surface area (Å²) in [5, 5.41) is 11.7. The van der Waals surface area contributed by atoms with Gasteiger partial charge in [0.15, 0.2) is 0 Å². The molecule has 0 unspecified atom stereocenters. The van der Waals surface area contributed by atoms with E-state index >= 15 is 0 Å². The zero-order valence-electron chi connectivity index (χ0n) is 18.5. The highest BCUT2D eigenvalue weighted by Crippen LogP contribution is 2.44. The SMILES string of the molecule is CCN(CC(=O)O)C(=O)c1ccc(Br)c(NC(=O)OCC2c3ccccc3-c3ccccc32)c1. The highest BCUT2D eigenvalue weighted by Gasteiger charge is 2.29. The van der Waals surface area contributed by atoms with E-state index in [4.69, 9.17) is 9.84 Å². The Labute approximate surface area is 205 Å². The van der Waals surface area contributed by atoms with Gasteiger partial charge in [-0.05, 0) is 63.3 Å². The summed E-state index contributed by atoms with van der Waals surface area (Å²) in [6.45, 7) is 1.71. The summed E-state index contributed by atoms with van der Waals surface area (Å²) >= 11 is 3.37. The van der Waals surface area contributed by atoms with Crippen molar-refractivity contribution in [3.63, 3.8) is 0 Å². The van der Waals surface area contributed by atoms with Crippen LogP contribution in [0.1, 0.15) is 34.3 Å². The lowest BCUT2D eigenvalue weighted by molar-refractivity contribution is -0.137. The molecule has 2 amide bonds. The van der Waals surface area contributed by atoms with Gasteiger partial charge < -0.3 is 14.7 Å². The standard InChI is InChI=1S/C26H23BrN2O5/c1-2-29(14-24(30)31)25(32)16-11-12-22(27)23(13-16)28-26(33)34-15-21-19-9-5-3-7-17(19)18-8-4-6-10-20(18)21/h3-13,21H,2,14-15H2,1H3,(H,28,33)(H,30,31). The Hall–Kier alpha value is -3.65. The summed E-state index contributed by atoms with van der Waals surface area (Å²) in [5.74, 6) is -1.60. The van der Waals surface area contributed by atoms with E-state index in [0.717, 1.165) is 22.3 Å². The lowest BCUT2D eigenvalue weighted by Crippen LogP contribution is -2.35.